The number of fused-ring (bicyclic) bond motifs is 1. The topological polar surface area (TPSA) is 94.0 Å². The third-order valence-electron chi connectivity index (χ3n) is 5.74. The lowest BCUT2D eigenvalue weighted by molar-refractivity contribution is 0.0575. The summed E-state index contributed by atoms with van der Waals surface area (Å²) < 4.78 is 7.64. The van der Waals surface area contributed by atoms with Crippen LogP contribution in [-0.2, 0) is 11.3 Å². The first-order chi connectivity index (χ1) is 15.3. The fourth-order valence-electron chi connectivity index (χ4n) is 4.18. The molecular formula is C24H32N6O2. The molecule has 2 heterocycles. The molecule has 0 spiro atoms. The van der Waals surface area contributed by atoms with Gasteiger partial charge in [-0.25, -0.2) is 14.5 Å². The van der Waals surface area contributed by atoms with Crippen LogP contribution in [0.1, 0.15) is 46.5 Å². The van der Waals surface area contributed by atoms with Gasteiger partial charge >= 0.3 is 6.09 Å². The van der Waals surface area contributed by atoms with Crippen LogP contribution in [0.15, 0.2) is 36.5 Å². The van der Waals surface area contributed by atoms with Crippen molar-refractivity contribution in [1.29, 1.82) is 0 Å². The molecule has 1 aromatic carbocycles. The molecule has 1 amide bonds. The summed E-state index contributed by atoms with van der Waals surface area (Å²) in [5, 5.41) is 11.8. The third kappa shape index (κ3) is 5.18. The molecule has 8 heteroatoms. The number of hydrogen-bond donors (Lipinski definition) is 2. The standard InChI is InChI=1S/C24H32N6O2/c1-24(2,3)28-23(31)32-18-12-10-16(11-13-18)15-30-21-19(14-26-22(25-4)27-21)20(29-30)17-8-6-5-7-9-17/h5-9,14,16,18H,10-13,15H2,1-4H3,(H,28,31)(H,25,26,27). The van der Waals surface area contributed by atoms with Crippen molar-refractivity contribution in [3.63, 3.8) is 0 Å². The van der Waals surface area contributed by atoms with E-state index >= 15 is 0 Å². The third-order valence-corrected chi connectivity index (χ3v) is 5.74. The molecule has 1 aliphatic carbocycles. The van der Waals surface area contributed by atoms with Gasteiger partial charge in [0.2, 0.25) is 5.95 Å². The number of amides is 1. The summed E-state index contributed by atoms with van der Waals surface area (Å²) in [6.45, 7) is 6.63. The molecule has 0 aliphatic heterocycles. The van der Waals surface area contributed by atoms with Crippen LogP contribution in [0.3, 0.4) is 0 Å². The monoisotopic (exact) mass is 436 g/mol. The SMILES string of the molecule is CNc1ncc2c(-c3ccccc3)nn(CC3CCC(OC(=O)NC(C)(C)C)CC3)c2n1. The van der Waals surface area contributed by atoms with Crippen molar-refractivity contribution in [3.8, 4) is 11.3 Å². The predicted octanol–water partition coefficient (Wildman–Crippen LogP) is 4.62. The van der Waals surface area contributed by atoms with Crippen molar-refractivity contribution in [2.75, 3.05) is 12.4 Å². The molecule has 170 valence electrons. The zero-order chi connectivity index (χ0) is 22.7. The van der Waals surface area contributed by atoms with E-state index in [-0.39, 0.29) is 17.7 Å². The molecule has 2 aromatic heterocycles. The van der Waals surface area contributed by atoms with E-state index in [0.29, 0.717) is 11.9 Å². The Kier molecular flexibility index (Phi) is 6.30. The summed E-state index contributed by atoms with van der Waals surface area (Å²) in [6, 6.07) is 10.1. The van der Waals surface area contributed by atoms with E-state index in [0.717, 1.165) is 54.5 Å². The quantitative estimate of drug-likeness (QED) is 0.606. The van der Waals surface area contributed by atoms with Gasteiger partial charge < -0.3 is 15.4 Å². The van der Waals surface area contributed by atoms with Gasteiger partial charge in [-0.15, -0.1) is 0 Å². The smallest absolute Gasteiger partial charge is 0.407 e. The van der Waals surface area contributed by atoms with Crippen LogP contribution in [-0.4, -0.2) is 44.5 Å². The zero-order valence-corrected chi connectivity index (χ0v) is 19.3. The van der Waals surface area contributed by atoms with Crippen molar-refractivity contribution < 1.29 is 9.53 Å². The number of nitrogens with zero attached hydrogens (tertiary/aromatic N) is 4. The number of nitrogens with one attached hydrogen (secondary N) is 2. The highest BCUT2D eigenvalue weighted by Gasteiger charge is 2.27. The van der Waals surface area contributed by atoms with Gasteiger partial charge in [0.15, 0.2) is 5.65 Å². The fraction of sp³-hybridized carbons (Fsp3) is 0.500. The Balaban J connectivity index is 1.47. The zero-order valence-electron chi connectivity index (χ0n) is 19.3. The molecule has 2 N–H and O–H groups in total. The number of rotatable bonds is 5. The minimum absolute atomic E-state index is 0.0268. The average Bonchev–Trinajstić information content (AvgIpc) is 3.12. The molecule has 8 nitrogen and oxygen atoms in total. The second-order valence-corrected chi connectivity index (χ2v) is 9.50. The Bertz CT molecular complexity index is 1070. The largest absolute Gasteiger partial charge is 0.446 e. The first kappa shape index (κ1) is 22.0. The number of aromatic nitrogens is 4. The van der Waals surface area contributed by atoms with Gasteiger partial charge in [-0.05, 0) is 52.4 Å². The van der Waals surface area contributed by atoms with E-state index in [2.05, 4.69) is 27.8 Å². The lowest BCUT2D eigenvalue weighted by atomic mass is 9.87. The van der Waals surface area contributed by atoms with Crippen LogP contribution in [0.4, 0.5) is 10.7 Å². The maximum atomic E-state index is 12.1. The molecule has 0 radical (unpaired) electrons. The Hall–Kier alpha value is -3.16. The summed E-state index contributed by atoms with van der Waals surface area (Å²) in [6.07, 6.45) is 5.19. The Morgan fingerprint density at radius 3 is 2.53 bits per heavy atom. The van der Waals surface area contributed by atoms with Gasteiger partial charge in [0.1, 0.15) is 11.8 Å². The molecule has 4 rings (SSSR count). The molecule has 0 bridgehead atoms. The number of hydrogen-bond acceptors (Lipinski definition) is 6. The van der Waals surface area contributed by atoms with Gasteiger partial charge in [0, 0.05) is 30.9 Å². The van der Waals surface area contributed by atoms with E-state index in [1.165, 1.54) is 0 Å². The van der Waals surface area contributed by atoms with Gasteiger partial charge in [0.05, 0.1) is 5.39 Å². The molecule has 1 saturated carbocycles. The highest BCUT2D eigenvalue weighted by Crippen LogP contribution is 2.31. The molecule has 0 atom stereocenters. The van der Waals surface area contributed by atoms with Crippen molar-refractivity contribution in [2.24, 2.45) is 5.92 Å². The predicted molar refractivity (Wildman–Crippen MR) is 125 cm³/mol. The van der Waals surface area contributed by atoms with Crippen LogP contribution in [0.25, 0.3) is 22.3 Å². The number of ether oxygens (including phenoxy) is 1. The number of carbonyl (C=O) groups excluding carboxylic acids is 1. The number of carbonyl (C=O) groups is 1. The van der Waals surface area contributed by atoms with Crippen LogP contribution in [0.2, 0.25) is 0 Å². The first-order valence-electron chi connectivity index (χ1n) is 11.3. The lowest BCUT2D eigenvalue weighted by Gasteiger charge is -2.29. The molecule has 1 aliphatic rings. The van der Waals surface area contributed by atoms with Gasteiger partial charge in [-0.3, -0.25) is 0 Å². The van der Waals surface area contributed by atoms with Crippen molar-refractivity contribution in [3.05, 3.63) is 36.5 Å². The summed E-state index contributed by atoms with van der Waals surface area (Å²) in [4.78, 5) is 21.2. The Morgan fingerprint density at radius 2 is 1.88 bits per heavy atom. The van der Waals surface area contributed by atoms with Crippen LogP contribution in [0, 0.1) is 5.92 Å². The van der Waals surface area contributed by atoms with E-state index < -0.39 is 0 Å². The number of alkyl carbamates (subject to hydrolysis) is 1. The summed E-state index contributed by atoms with van der Waals surface area (Å²) in [7, 11) is 1.82. The normalized spacial score (nSPS) is 19.0. The van der Waals surface area contributed by atoms with Gasteiger partial charge in [-0.1, -0.05) is 30.3 Å². The molecule has 0 unspecified atom stereocenters. The maximum Gasteiger partial charge on any atom is 0.407 e. The molecule has 3 aromatic rings. The second kappa shape index (κ2) is 9.14. The van der Waals surface area contributed by atoms with E-state index in [1.54, 1.807) is 0 Å². The molecule has 1 fully saturated rings. The fourth-order valence-corrected chi connectivity index (χ4v) is 4.18. The summed E-state index contributed by atoms with van der Waals surface area (Å²) in [5.74, 6) is 1.04. The Labute approximate surface area is 188 Å². The van der Waals surface area contributed by atoms with Crippen molar-refractivity contribution >= 4 is 23.1 Å². The lowest BCUT2D eigenvalue weighted by Crippen LogP contribution is -2.42. The number of benzene rings is 1. The van der Waals surface area contributed by atoms with Crippen LogP contribution < -0.4 is 10.6 Å². The van der Waals surface area contributed by atoms with Gasteiger partial charge in [0.25, 0.3) is 0 Å². The van der Waals surface area contributed by atoms with Crippen molar-refractivity contribution in [2.45, 2.75) is 64.6 Å². The summed E-state index contributed by atoms with van der Waals surface area (Å²) in [5.41, 5.74) is 2.50. The molecule has 0 saturated heterocycles. The van der Waals surface area contributed by atoms with Crippen LogP contribution >= 0.6 is 0 Å². The average molecular weight is 437 g/mol. The highest BCUT2D eigenvalue weighted by atomic mass is 16.6. The minimum Gasteiger partial charge on any atom is -0.446 e. The van der Waals surface area contributed by atoms with E-state index in [9.17, 15) is 4.79 Å². The maximum absolute atomic E-state index is 12.1. The molecular weight excluding hydrogens is 404 g/mol. The first-order valence-corrected chi connectivity index (χ1v) is 11.3. The van der Waals surface area contributed by atoms with E-state index in [1.807, 2.05) is 56.9 Å². The van der Waals surface area contributed by atoms with E-state index in [4.69, 9.17) is 14.8 Å². The Morgan fingerprint density at radius 1 is 1.16 bits per heavy atom. The number of anilines is 1. The second-order valence-electron chi connectivity index (χ2n) is 9.50. The molecule has 32 heavy (non-hydrogen) atoms. The minimum atomic E-state index is -0.331. The van der Waals surface area contributed by atoms with Crippen LogP contribution in [0.5, 0.6) is 0 Å². The highest BCUT2D eigenvalue weighted by molar-refractivity contribution is 5.91. The van der Waals surface area contributed by atoms with Crippen molar-refractivity contribution in [1.82, 2.24) is 25.1 Å². The van der Waals surface area contributed by atoms with Gasteiger partial charge in [-0.2, -0.15) is 10.1 Å². The summed E-state index contributed by atoms with van der Waals surface area (Å²) >= 11 is 0.